The molecule has 8 heteroatoms. The molecular formula is C27H31N7O. The fraction of sp³-hybridized carbons (Fsp3) is 0.444. The van der Waals surface area contributed by atoms with Crippen LogP contribution in [0.4, 0.5) is 11.4 Å². The molecule has 0 amide bonds. The second-order valence-electron chi connectivity index (χ2n) is 9.83. The van der Waals surface area contributed by atoms with Crippen LogP contribution in [-0.2, 0) is 17.8 Å². The van der Waals surface area contributed by atoms with Crippen LogP contribution >= 0.6 is 0 Å². The zero-order chi connectivity index (χ0) is 23.8. The molecule has 180 valence electrons. The van der Waals surface area contributed by atoms with E-state index in [0.29, 0.717) is 11.1 Å². The van der Waals surface area contributed by atoms with Gasteiger partial charge in [-0.05, 0) is 42.3 Å². The Morgan fingerprint density at radius 1 is 1.00 bits per heavy atom. The maximum Gasteiger partial charge on any atom is 0.113 e. The number of anilines is 2. The van der Waals surface area contributed by atoms with Gasteiger partial charge in [0.25, 0.3) is 0 Å². The van der Waals surface area contributed by atoms with Crippen molar-refractivity contribution in [1.29, 1.82) is 5.26 Å². The van der Waals surface area contributed by atoms with Crippen molar-refractivity contribution in [1.82, 2.24) is 20.2 Å². The SMILES string of the molecule is C[C@@H]1CN(c2ccc(C#N)c3nccnc23)C[C@H](CN2Cc3ccc(N4CCNCC4)cc3C2)O1. The fourth-order valence-corrected chi connectivity index (χ4v) is 5.72. The lowest BCUT2D eigenvalue weighted by atomic mass is 10.1. The zero-order valence-electron chi connectivity index (χ0n) is 20.2. The standard InChI is InChI=1S/C27H31N7O/c1-19-14-34(25-5-3-20(13-28)26-27(25)31-7-6-30-26)18-24(35-19)17-32-15-21-2-4-23(12-22(21)16-32)33-10-8-29-9-11-33/h2-7,12,19,24,29H,8-11,14-18H2,1H3/t19-,24+/m1/s1. The monoisotopic (exact) mass is 469 g/mol. The number of aromatic nitrogens is 2. The quantitative estimate of drug-likeness (QED) is 0.625. The molecule has 0 radical (unpaired) electrons. The van der Waals surface area contributed by atoms with Gasteiger partial charge in [0.15, 0.2) is 0 Å². The van der Waals surface area contributed by atoms with E-state index in [9.17, 15) is 5.26 Å². The van der Waals surface area contributed by atoms with Crippen molar-refractivity contribution in [3.05, 3.63) is 59.4 Å². The average Bonchev–Trinajstić information content (AvgIpc) is 3.29. The molecule has 6 rings (SSSR count). The average molecular weight is 470 g/mol. The predicted octanol–water partition coefficient (Wildman–Crippen LogP) is 2.52. The van der Waals surface area contributed by atoms with E-state index in [1.807, 2.05) is 12.1 Å². The first-order valence-electron chi connectivity index (χ1n) is 12.5. The van der Waals surface area contributed by atoms with Crippen molar-refractivity contribution < 1.29 is 4.74 Å². The lowest BCUT2D eigenvalue weighted by molar-refractivity contribution is -0.0329. The fourth-order valence-electron chi connectivity index (χ4n) is 5.72. The number of morpholine rings is 1. The molecule has 0 aliphatic carbocycles. The van der Waals surface area contributed by atoms with Crippen LogP contribution in [0.3, 0.4) is 0 Å². The van der Waals surface area contributed by atoms with Crippen LogP contribution in [0.25, 0.3) is 11.0 Å². The molecule has 0 unspecified atom stereocenters. The second-order valence-corrected chi connectivity index (χ2v) is 9.83. The van der Waals surface area contributed by atoms with Gasteiger partial charge in [-0.3, -0.25) is 14.9 Å². The summed E-state index contributed by atoms with van der Waals surface area (Å²) in [5.74, 6) is 0. The van der Waals surface area contributed by atoms with Gasteiger partial charge in [0.1, 0.15) is 17.1 Å². The summed E-state index contributed by atoms with van der Waals surface area (Å²) in [6.45, 7) is 10.8. The van der Waals surface area contributed by atoms with Crippen molar-refractivity contribution in [3.63, 3.8) is 0 Å². The van der Waals surface area contributed by atoms with Crippen LogP contribution in [-0.4, -0.2) is 72.9 Å². The van der Waals surface area contributed by atoms with Gasteiger partial charge in [-0.25, -0.2) is 0 Å². The van der Waals surface area contributed by atoms with Crippen LogP contribution in [0, 0.1) is 11.3 Å². The van der Waals surface area contributed by atoms with E-state index >= 15 is 0 Å². The minimum absolute atomic E-state index is 0.100. The van der Waals surface area contributed by atoms with Crippen LogP contribution in [0.15, 0.2) is 42.7 Å². The number of nitrogens with zero attached hydrogens (tertiary/aromatic N) is 6. The molecule has 0 spiro atoms. The van der Waals surface area contributed by atoms with Gasteiger partial charge in [-0.1, -0.05) is 6.07 Å². The van der Waals surface area contributed by atoms with Crippen LogP contribution in [0.5, 0.6) is 0 Å². The number of ether oxygens (including phenoxy) is 1. The number of fused-ring (bicyclic) bond motifs is 2. The summed E-state index contributed by atoms with van der Waals surface area (Å²) >= 11 is 0. The Hall–Kier alpha value is -3.25. The molecule has 3 aliphatic heterocycles. The summed E-state index contributed by atoms with van der Waals surface area (Å²) in [6, 6.07) is 13.1. The van der Waals surface area contributed by atoms with Gasteiger partial charge >= 0.3 is 0 Å². The molecular weight excluding hydrogens is 438 g/mol. The Kier molecular flexibility index (Phi) is 5.98. The van der Waals surface area contributed by atoms with E-state index in [0.717, 1.165) is 70.1 Å². The highest BCUT2D eigenvalue weighted by Gasteiger charge is 2.30. The molecule has 35 heavy (non-hydrogen) atoms. The summed E-state index contributed by atoms with van der Waals surface area (Å²) in [6.07, 6.45) is 3.56. The van der Waals surface area contributed by atoms with Gasteiger partial charge in [0.05, 0.1) is 23.5 Å². The normalized spacial score (nSPS) is 22.9. The second kappa shape index (κ2) is 9.42. The van der Waals surface area contributed by atoms with Gasteiger partial charge in [-0.2, -0.15) is 5.26 Å². The minimum Gasteiger partial charge on any atom is -0.370 e. The molecule has 2 saturated heterocycles. The molecule has 3 aliphatic rings. The minimum atomic E-state index is 0.100. The Balaban J connectivity index is 1.17. The van der Waals surface area contributed by atoms with Crippen molar-refractivity contribution in [2.45, 2.75) is 32.2 Å². The number of nitriles is 1. The third-order valence-electron chi connectivity index (χ3n) is 7.31. The highest BCUT2D eigenvalue weighted by Crippen LogP contribution is 2.31. The van der Waals surface area contributed by atoms with Crippen molar-refractivity contribution in [2.75, 3.05) is 55.6 Å². The van der Waals surface area contributed by atoms with Gasteiger partial charge in [0, 0.05) is 77.0 Å². The molecule has 2 aromatic carbocycles. The predicted molar refractivity (Wildman–Crippen MR) is 136 cm³/mol. The van der Waals surface area contributed by atoms with Crippen LogP contribution in [0.1, 0.15) is 23.6 Å². The van der Waals surface area contributed by atoms with E-state index in [1.165, 1.54) is 16.8 Å². The third-order valence-corrected chi connectivity index (χ3v) is 7.31. The molecule has 0 saturated carbocycles. The summed E-state index contributed by atoms with van der Waals surface area (Å²) < 4.78 is 6.39. The Morgan fingerprint density at radius 3 is 2.63 bits per heavy atom. The van der Waals surface area contributed by atoms with Gasteiger partial charge < -0.3 is 19.9 Å². The molecule has 2 fully saturated rings. The summed E-state index contributed by atoms with van der Waals surface area (Å²) in [5.41, 5.74) is 7.25. The van der Waals surface area contributed by atoms with Gasteiger partial charge in [0.2, 0.25) is 0 Å². The number of nitrogens with one attached hydrogen (secondary N) is 1. The molecule has 1 aromatic heterocycles. The number of piperazine rings is 1. The first kappa shape index (κ1) is 22.2. The lowest BCUT2D eigenvalue weighted by Crippen LogP contribution is -2.50. The largest absolute Gasteiger partial charge is 0.370 e. The Bertz CT molecular complexity index is 1270. The third kappa shape index (κ3) is 4.43. The Morgan fingerprint density at radius 2 is 1.80 bits per heavy atom. The topological polar surface area (TPSA) is 80.6 Å². The molecule has 1 N–H and O–H groups in total. The lowest BCUT2D eigenvalue weighted by Gasteiger charge is -2.39. The number of benzene rings is 2. The summed E-state index contributed by atoms with van der Waals surface area (Å²) in [7, 11) is 0. The Labute approximate surface area is 206 Å². The maximum atomic E-state index is 9.48. The molecule has 8 nitrogen and oxygen atoms in total. The summed E-state index contributed by atoms with van der Waals surface area (Å²) in [4.78, 5) is 16.3. The molecule has 4 heterocycles. The number of hydrogen-bond donors (Lipinski definition) is 1. The van der Waals surface area contributed by atoms with Crippen molar-refractivity contribution in [2.24, 2.45) is 0 Å². The number of hydrogen-bond acceptors (Lipinski definition) is 8. The van der Waals surface area contributed by atoms with Crippen LogP contribution < -0.4 is 15.1 Å². The van der Waals surface area contributed by atoms with Gasteiger partial charge in [-0.15, -0.1) is 0 Å². The number of rotatable bonds is 4. The summed E-state index contributed by atoms with van der Waals surface area (Å²) in [5, 5.41) is 12.9. The molecule has 3 aromatic rings. The molecule has 0 bridgehead atoms. The molecule has 2 atom stereocenters. The zero-order valence-corrected chi connectivity index (χ0v) is 20.2. The smallest absolute Gasteiger partial charge is 0.113 e. The highest BCUT2D eigenvalue weighted by molar-refractivity contribution is 5.92. The van der Waals surface area contributed by atoms with E-state index in [4.69, 9.17) is 4.74 Å². The highest BCUT2D eigenvalue weighted by atomic mass is 16.5. The first-order chi connectivity index (χ1) is 17.2. The van der Waals surface area contributed by atoms with E-state index < -0.39 is 0 Å². The van der Waals surface area contributed by atoms with Crippen molar-refractivity contribution >= 4 is 22.4 Å². The van der Waals surface area contributed by atoms with E-state index in [2.05, 4.69) is 61.2 Å². The van der Waals surface area contributed by atoms with Crippen LogP contribution in [0.2, 0.25) is 0 Å². The van der Waals surface area contributed by atoms with E-state index in [-0.39, 0.29) is 12.2 Å². The first-order valence-corrected chi connectivity index (χ1v) is 12.5. The van der Waals surface area contributed by atoms with Crippen molar-refractivity contribution in [3.8, 4) is 6.07 Å². The maximum absolute atomic E-state index is 9.48. The van der Waals surface area contributed by atoms with E-state index in [1.54, 1.807) is 12.4 Å².